The molecule has 1 atom stereocenters. The second kappa shape index (κ2) is 8.49. The van der Waals surface area contributed by atoms with E-state index in [1.807, 2.05) is 6.07 Å². The average Bonchev–Trinajstić information content (AvgIpc) is 2.60. The summed E-state index contributed by atoms with van der Waals surface area (Å²) < 4.78 is 50.9. The highest BCUT2D eigenvalue weighted by molar-refractivity contribution is 9.10. The predicted octanol–water partition coefficient (Wildman–Crippen LogP) is 5.47. The zero-order valence-electron chi connectivity index (χ0n) is 15.9. The number of ether oxygens (including phenoxy) is 1. The first kappa shape index (κ1) is 23.4. The van der Waals surface area contributed by atoms with Crippen molar-refractivity contribution in [2.75, 3.05) is 6.79 Å². The Kier molecular flexibility index (Phi) is 6.86. The highest BCUT2D eigenvalue weighted by Crippen LogP contribution is 2.64. The van der Waals surface area contributed by atoms with Crippen LogP contribution in [0.25, 0.3) is 10.8 Å². The SMILES string of the molecule is CC(C)(C)C(=O)OCOP(=O)(O)C(F)(F)c1cc2cc(CC#N)ccc2cc1Br. The molecular weight excluding hydrogens is 471 g/mol. The van der Waals surface area contributed by atoms with E-state index in [0.29, 0.717) is 16.3 Å². The maximum absolute atomic E-state index is 14.9. The summed E-state index contributed by atoms with van der Waals surface area (Å²) in [6, 6.07) is 9.33. The third kappa shape index (κ3) is 5.20. The summed E-state index contributed by atoms with van der Waals surface area (Å²) in [5.41, 5.74) is -5.34. The molecule has 0 aromatic heterocycles. The molecule has 2 aromatic carbocycles. The zero-order valence-corrected chi connectivity index (χ0v) is 18.4. The van der Waals surface area contributed by atoms with Gasteiger partial charge in [-0.05, 0) is 49.2 Å². The van der Waals surface area contributed by atoms with Gasteiger partial charge in [-0.1, -0.05) is 34.1 Å². The van der Waals surface area contributed by atoms with Gasteiger partial charge in [-0.2, -0.15) is 14.0 Å². The van der Waals surface area contributed by atoms with E-state index >= 15 is 0 Å². The number of fused-ring (bicyclic) bond motifs is 1. The summed E-state index contributed by atoms with van der Waals surface area (Å²) in [6.07, 6.45) is 0.0957. The van der Waals surface area contributed by atoms with Crippen LogP contribution < -0.4 is 0 Å². The maximum Gasteiger partial charge on any atom is 0.404 e. The first-order chi connectivity index (χ1) is 13.3. The van der Waals surface area contributed by atoms with E-state index in [4.69, 9.17) is 5.26 Å². The van der Waals surface area contributed by atoms with Crippen LogP contribution in [0.15, 0.2) is 34.8 Å². The van der Waals surface area contributed by atoms with Gasteiger partial charge < -0.3 is 9.63 Å². The van der Waals surface area contributed by atoms with Crippen LogP contribution in [0.4, 0.5) is 8.78 Å². The van der Waals surface area contributed by atoms with Crippen molar-refractivity contribution in [3.05, 3.63) is 45.9 Å². The van der Waals surface area contributed by atoms with Gasteiger partial charge in [-0.25, -0.2) is 0 Å². The van der Waals surface area contributed by atoms with Crippen LogP contribution in [-0.4, -0.2) is 17.7 Å². The Morgan fingerprint density at radius 2 is 1.90 bits per heavy atom. The number of benzene rings is 2. The van der Waals surface area contributed by atoms with E-state index in [-0.39, 0.29) is 10.9 Å². The average molecular weight is 490 g/mol. The zero-order chi connectivity index (χ0) is 22.0. The first-order valence-corrected chi connectivity index (χ1v) is 10.8. The highest BCUT2D eigenvalue weighted by atomic mass is 79.9. The lowest BCUT2D eigenvalue weighted by Gasteiger charge is -2.24. The third-order valence-corrected chi connectivity index (χ3v) is 6.04. The Bertz CT molecular complexity index is 1030. The van der Waals surface area contributed by atoms with Crippen LogP contribution >= 0.6 is 23.5 Å². The maximum atomic E-state index is 14.9. The molecule has 1 N–H and O–H groups in total. The fraction of sp³-hybridized carbons (Fsp3) is 0.368. The second-order valence-electron chi connectivity index (χ2n) is 7.34. The molecule has 0 heterocycles. The number of carbonyl (C=O) groups is 1. The summed E-state index contributed by atoms with van der Waals surface area (Å²) in [7, 11) is -5.55. The van der Waals surface area contributed by atoms with Gasteiger partial charge in [-0.15, -0.1) is 0 Å². The quantitative estimate of drug-likeness (QED) is 0.328. The molecule has 0 radical (unpaired) electrons. The third-order valence-electron chi connectivity index (χ3n) is 3.98. The van der Waals surface area contributed by atoms with Crippen molar-refractivity contribution in [2.45, 2.75) is 32.9 Å². The van der Waals surface area contributed by atoms with Crippen molar-refractivity contribution in [3.8, 4) is 6.07 Å². The van der Waals surface area contributed by atoms with Crippen LogP contribution in [0.3, 0.4) is 0 Å². The number of alkyl halides is 2. The molecule has 1 unspecified atom stereocenters. The molecule has 0 fully saturated rings. The van der Waals surface area contributed by atoms with Gasteiger partial charge in [0.25, 0.3) is 0 Å². The van der Waals surface area contributed by atoms with Crippen molar-refractivity contribution in [1.29, 1.82) is 5.26 Å². The Labute approximate surface area is 175 Å². The van der Waals surface area contributed by atoms with Crippen LogP contribution in [0.5, 0.6) is 0 Å². The van der Waals surface area contributed by atoms with Gasteiger partial charge in [-0.3, -0.25) is 13.9 Å². The first-order valence-electron chi connectivity index (χ1n) is 8.41. The van der Waals surface area contributed by atoms with Gasteiger partial charge in [0, 0.05) is 10.0 Å². The molecule has 156 valence electrons. The second-order valence-corrected chi connectivity index (χ2v) is 10.1. The standard InChI is InChI=1S/C19H19BrF2NO5P/c1-18(2,3)17(24)27-11-28-29(25,26)19(21,22)15-9-14-8-12(6-7-23)4-5-13(14)10-16(15)20/h4-5,8-10H,6,11H2,1-3H3,(H,25,26). The van der Waals surface area contributed by atoms with Gasteiger partial charge in [0.1, 0.15) is 0 Å². The van der Waals surface area contributed by atoms with E-state index in [1.54, 1.807) is 18.2 Å². The molecule has 10 heteroatoms. The molecular formula is C19H19BrF2NO5P. The topological polar surface area (TPSA) is 96.6 Å². The van der Waals surface area contributed by atoms with Gasteiger partial charge >= 0.3 is 19.2 Å². The summed E-state index contributed by atoms with van der Waals surface area (Å²) in [4.78, 5) is 21.5. The van der Waals surface area contributed by atoms with E-state index in [0.717, 1.165) is 6.07 Å². The van der Waals surface area contributed by atoms with Gasteiger partial charge in [0.05, 0.1) is 17.9 Å². The number of nitrogens with zero attached hydrogens (tertiary/aromatic N) is 1. The molecule has 0 spiro atoms. The number of esters is 1. The fourth-order valence-electron chi connectivity index (χ4n) is 2.35. The summed E-state index contributed by atoms with van der Waals surface area (Å²) in [6.45, 7) is 3.52. The number of hydrogen-bond acceptors (Lipinski definition) is 5. The van der Waals surface area contributed by atoms with E-state index in [9.17, 15) is 23.0 Å². The molecule has 0 aliphatic carbocycles. The molecule has 0 amide bonds. The van der Waals surface area contributed by atoms with Crippen molar-refractivity contribution in [3.63, 3.8) is 0 Å². The van der Waals surface area contributed by atoms with Crippen molar-refractivity contribution in [1.82, 2.24) is 0 Å². The molecule has 0 aliphatic rings. The fourth-order valence-corrected chi connectivity index (χ4v) is 3.96. The van der Waals surface area contributed by atoms with E-state index < -0.39 is 37.0 Å². The van der Waals surface area contributed by atoms with Gasteiger partial charge in [0.2, 0.25) is 6.79 Å². The van der Waals surface area contributed by atoms with E-state index in [2.05, 4.69) is 25.2 Å². The molecule has 0 aliphatic heterocycles. The molecule has 0 saturated heterocycles. The predicted molar refractivity (Wildman–Crippen MR) is 106 cm³/mol. The normalized spacial score (nSPS) is 14.3. The lowest BCUT2D eigenvalue weighted by atomic mass is 9.98. The minimum absolute atomic E-state index is 0.0902. The smallest absolute Gasteiger partial charge is 0.404 e. The van der Waals surface area contributed by atoms with Crippen LogP contribution in [0.1, 0.15) is 31.9 Å². The Morgan fingerprint density at radius 1 is 1.24 bits per heavy atom. The van der Waals surface area contributed by atoms with Crippen LogP contribution in [-0.2, 0) is 30.7 Å². The number of nitriles is 1. The highest BCUT2D eigenvalue weighted by Gasteiger charge is 2.54. The molecule has 0 saturated carbocycles. The number of carbonyl (C=O) groups excluding carboxylic acids is 1. The largest absolute Gasteiger partial charge is 0.438 e. The Morgan fingerprint density at radius 3 is 2.48 bits per heavy atom. The minimum Gasteiger partial charge on any atom is -0.438 e. The summed E-state index contributed by atoms with van der Waals surface area (Å²) in [5, 5.41) is 9.77. The van der Waals surface area contributed by atoms with Gasteiger partial charge in [0.15, 0.2) is 0 Å². The minimum atomic E-state index is -5.55. The number of halogens is 3. The Balaban J connectivity index is 2.33. The monoisotopic (exact) mass is 489 g/mol. The van der Waals surface area contributed by atoms with Crippen molar-refractivity contribution < 1.29 is 32.3 Å². The van der Waals surface area contributed by atoms with Crippen molar-refractivity contribution in [2.24, 2.45) is 5.41 Å². The Hall–Kier alpha value is -1.85. The number of rotatable bonds is 6. The lowest BCUT2D eigenvalue weighted by Crippen LogP contribution is -2.25. The van der Waals surface area contributed by atoms with E-state index in [1.165, 1.54) is 26.8 Å². The number of hydrogen-bond donors (Lipinski definition) is 1. The van der Waals surface area contributed by atoms with Crippen LogP contribution in [0.2, 0.25) is 0 Å². The molecule has 2 rings (SSSR count). The van der Waals surface area contributed by atoms with Crippen LogP contribution in [0, 0.1) is 16.7 Å². The molecule has 29 heavy (non-hydrogen) atoms. The van der Waals surface area contributed by atoms with Crippen molar-refractivity contribution >= 4 is 40.3 Å². The molecule has 6 nitrogen and oxygen atoms in total. The summed E-state index contributed by atoms with van der Waals surface area (Å²) in [5.74, 6) is -0.766. The lowest BCUT2D eigenvalue weighted by molar-refractivity contribution is -0.160. The summed E-state index contributed by atoms with van der Waals surface area (Å²) >= 11 is 3.01. The molecule has 2 aromatic rings. The molecule has 0 bridgehead atoms.